The van der Waals surface area contributed by atoms with Gasteiger partial charge in [0, 0.05) is 49.0 Å². The fourth-order valence-corrected chi connectivity index (χ4v) is 5.86. The van der Waals surface area contributed by atoms with Crippen molar-refractivity contribution in [1.29, 1.82) is 0 Å². The summed E-state index contributed by atoms with van der Waals surface area (Å²) >= 11 is 14.2. The van der Waals surface area contributed by atoms with Crippen LogP contribution in [0.5, 0.6) is 11.5 Å². The van der Waals surface area contributed by atoms with Crippen molar-refractivity contribution < 1.29 is 24.2 Å². The second kappa shape index (κ2) is 11.6. The van der Waals surface area contributed by atoms with Gasteiger partial charge in [0.1, 0.15) is 27.9 Å². The Hall–Kier alpha value is -4.00. The van der Waals surface area contributed by atoms with Gasteiger partial charge in [-0.3, -0.25) is 4.79 Å². The first-order chi connectivity index (χ1) is 19.3. The number of carboxylic acid groups (broad SMARTS) is 1. The molecule has 0 aliphatic carbocycles. The highest BCUT2D eigenvalue weighted by Crippen LogP contribution is 2.44. The minimum Gasteiger partial charge on any atom is -0.495 e. The van der Waals surface area contributed by atoms with Crippen LogP contribution in [0.25, 0.3) is 10.2 Å². The lowest BCUT2D eigenvalue weighted by Crippen LogP contribution is -2.48. The number of fused-ring (bicyclic) bond motifs is 1. The Bertz CT molecular complexity index is 1550. The summed E-state index contributed by atoms with van der Waals surface area (Å²) in [6, 6.07) is 9.33. The molecule has 2 aromatic heterocycles. The number of piperazine rings is 1. The van der Waals surface area contributed by atoms with Crippen molar-refractivity contribution in [1.82, 2.24) is 14.9 Å². The Kier molecular flexibility index (Phi) is 8.01. The van der Waals surface area contributed by atoms with Gasteiger partial charge in [0.2, 0.25) is 0 Å². The van der Waals surface area contributed by atoms with E-state index in [2.05, 4.69) is 25.5 Å². The Morgan fingerprint density at radius 2 is 1.65 bits per heavy atom. The molecule has 0 bridgehead atoms. The molecule has 0 saturated carbocycles. The molecule has 11 nitrogen and oxygen atoms in total. The Labute approximate surface area is 243 Å². The molecule has 5 rings (SSSR count). The van der Waals surface area contributed by atoms with E-state index in [9.17, 15) is 9.59 Å². The number of carbonyl (C=O) groups is 2. The third-order valence-electron chi connectivity index (χ3n) is 6.46. The zero-order valence-corrected chi connectivity index (χ0v) is 23.7. The SMILES string of the molecule is COc1cc(OC)c(Cl)c(NC(=O)c2csc3c(Nc4ccc(N5CCN(C(=O)O)CC5)cc4)ncnc23)c1Cl. The molecule has 0 radical (unpaired) electrons. The Morgan fingerprint density at radius 3 is 2.25 bits per heavy atom. The maximum Gasteiger partial charge on any atom is 0.407 e. The number of methoxy groups -OCH3 is 2. The van der Waals surface area contributed by atoms with Gasteiger partial charge < -0.3 is 35.0 Å². The number of ether oxygens (including phenoxy) is 2. The van der Waals surface area contributed by atoms with E-state index in [0.29, 0.717) is 59.3 Å². The van der Waals surface area contributed by atoms with Gasteiger partial charge in [-0.05, 0) is 24.3 Å². The van der Waals surface area contributed by atoms with E-state index in [0.717, 1.165) is 11.4 Å². The highest BCUT2D eigenvalue weighted by Gasteiger charge is 2.23. The summed E-state index contributed by atoms with van der Waals surface area (Å²) in [4.78, 5) is 36.7. The van der Waals surface area contributed by atoms with E-state index in [1.165, 1.54) is 42.8 Å². The molecule has 0 atom stereocenters. The van der Waals surface area contributed by atoms with Crippen molar-refractivity contribution in [2.75, 3.05) is 55.9 Å². The number of nitrogens with zero attached hydrogens (tertiary/aromatic N) is 4. The van der Waals surface area contributed by atoms with Crippen molar-refractivity contribution >= 4 is 79.6 Å². The van der Waals surface area contributed by atoms with Gasteiger partial charge in [0.25, 0.3) is 5.91 Å². The highest BCUT2D eigenvalue weighted by atomic mass is 35.5. The average molecular weight is 603 g/mol. The van der Waals surface area contributed by atoms with Crippen LogP contribution in [-0.4, -0.2) is 72.4 Å². The maximum absolute atomic E-state index is 13.3. The van der Waals surface area contributed by atoms with E-state index < -0.39 is 12.0 Å². The molecule has 0 spiro atoms. The van der Waals surface area contributed by atoms with Crippen LogP contribution in [-0.2, 0) is 0 Å². The second-order valence-corrected chi connectivity index (χ2v) is 10.4. The number of rotatable bonds is 7. The molecule has 40 heavy (non-hydrogen) atoms. The van der Waals surface area contributed by atoms with Crippen molar-refractivity contribution in [3.05, 3.63) is 57.6 Å². The summed E-state index contributed by atoms with van der Waals surface area (Å²) in [7, 11) is 2.90. The number of nitrogens with one attached hydrogen (secondary N) is 2. The third-order valence-corrected chi connectivity index (χ3v) is 8.18. The molecule has 1 aliphatic heterocycles. The normalized spacial score (nSPS) is 13.3. The summed E-state index contributed by atoms with van der Waals surface area (Å²) in [6.45, 7) is 2.19. The summed E-state index contributed by atoms with van der Waals surface area (Å²) in [6.07, 6.45) is 0.497. The monoisotopic (exact) mass is 602 g/mol. The van der Waals surface area contributed by atoms with Crippen LogP contribution >= 0.6 is 34.5 Å². The number of anilines is 4. The number of amides is 2. The third kappa shape index (κ3) is 5.37. The molecule has 208 valence electrons. The molecule has 1 aliphatic rings. The minimum atomic E-state index is -0.891. The van der Waals surface area contributed by atoms with Gasteiger partial charge in [-0.1, -0.05) is 23.2 Å². The number of hydrogen-bond donors (Lipinski definition) is 3. The van der Waals surface area contributed by atoms with Gasteiger partial charge in [0.05, 0.1) is 35.7 Å². The number of hydrogen-bond acceptors (Lipinski definition) is 9. The largest absolute Gasteiger partial charge is 0.495 e. The number of aromatic nitrogens is 2. The molecule has 2 aromatic carbocycles. The molecule has 2 amide bonds. The smallest absolute Gasteiger partial charge is 0.407 e. The first-order valence-electron chi connectivity index (χ1n) is 12.0. The fourth-order valence-electron chi connectivity index (χ4n) is 4.33. The van der Waals surface area contributed by atoms with Gasteiger partial charge in [0.15, 0.2) is 5.82 Å². The topological polar surface area (TPSA) is 129 Å². The van der Waals surface area contributed by atoms with Gasteiger partial charge >= 0.3 is 6.09 Å². The van der Waals surface area contributed by atoms with Crippen LogP contribution in [0, 0.1) is 0 Å². The summed E-state index contributed by atoms with van der Waals surface area (Å²) < 4.78 is 11.3. The predicted octanol–water partition coefficient (Wildman–Crippen LogP) is 5.81. The Morgan fingerprint density at radius 1 is 1.00 bits per heavy atom. The van der Waals surface area contributed by atoms with Crippen molar-refractivity contribution in [2.45, 2.75) is 0 Å². The first kappa shape index (κ1) is 27.6. The molecule has 0 unspecified atom stereocenters. The number of halogens is 2. The Balaban J connectivity index is 1.34. The molecule has 1 saturated heterocycles. The van der Waals surface area contributed by atoms with E-state index in [-0.39, 0.29) is 15.7 Å². The maximum atomic E-state index is 13.3. The van der Waals surface area contributed by atoms with Crippen molar-refractivity contribution in [3.63, 3.8) is 0 Å². The van der Waals surface area contributed by atoms with Gasteiger partial charge in [-0.2, -0.15) is 0 Å². The molecular formula is C26H24Cl2N6O5S. The van der Waals surface area contributed by atoms with E-state index in [4.69, 9.17) is 37.8 Å². The van der Waals surface area contributed by atoms with E-state index >= 15 is 0 Å². The van der Waals surface area contributed by atoms with Crippen molar-refractivity contribution in [2.24, 2.45) is 0 Å². The minimum absolute atomic E-state index is 0.144. The molecule has 1 fully saturated rings. The number of carbonyl (C=O) groups excluding carboxylic acids is 1. The first-order valence-corrected chi connectivity index (χ1v) is 13.7. The zero-order chi connectivity index (χ0) is 28.4. The number of benzene rings is 2. The fraction of sp³-hybridized carbons (Fsp3) is 0.231. The summed E-state index contributed by atoms with van der Waals surface area (Å²) in [5.41, 5.74) is 2.77. The average Bonchev–Trinajstić information content (AvgIpc) is 3.41. The standard InChI is InChI=1S/C26H24Cl2N6O5S/c1-38-17-11-18(39-2)20(28)22(19(17)27)32-25(35)16-12-40-23-21(16)29-13-30-24(23)31-14-3-5-15(6-4-14)33-7-9-34(10-8-33)26(36)37/h3-6,11-13H,7-10H2,1-2H3,(H,32,35)(H,36,37)(H,29,30,31). The van der Waals surface area contributed by atoms with Crippen LogP contribution < -0.4 is 25.0 Å². The molecule has 4 aromatic rings. The molecule has 3 heterocycles. The predicted molar refractivity (Wildman–Crippen MR) is 156 cm³/mol. The van der Waals surface area contributed by atoms with Crippen LogP contribution in [0.2, 0.25) is 10.0 Å². The lowest BCUT2D eigenvalue weighted by molar-refractivity contribution is 0.102. The van der Waals surface area contributed by atoms with Crippen molar-refractivity contribution in [3.8, 4) is 11.5 Å². The molecular weight excluding hydrogens is 579 g/mol. The summed E-state index contributed by atoms with van der Waals surface area (Å²) in [5, 5.41) is 17.2. The quantitative estimate of drug-likeness (QED) is 0.240. The number of thiophene rings is 1. The van der Waals surface area contributed by atoms with Gasteiger partial charge in [-0.25, -0.2) is 14.8 Å². The lowest BCUT2D eigenvalue weighted by atomic mass is 10.2. The van der Waals surface area contributed by atoms with Crippen LogP contribution in [0.1, 0.15) is 10.4 Å². The van der Waals surface area contributed by atoms with Crippen LogP contribution in [0.4, 0.5) is 27.7 Å². The second-order valence-electron chi connectivity index (χ2n) is 8.72. The molecule has 14 heteroatoms. The van der Waals surface area contributed by atoms with Gasteiger partial charge in [-0.15, -0.1) is 11.3 Å². The van der Waals surface area contributed by atoms with Crippen LogP contribution in [0.15, 0.2) is 42.0 Å². The molecule has 3 N–H and O–H groups in total. The van der Waals surface area contributed by atoms with E-state index in [1.54, 1.807) is 5.38 Å². The zero-order valence-electron chi connectivity index (χ0n) is 21.4. The summed E-state index contributed by atoms with van der Waals surface area (Å²) in [5.74, 6) is 0.699. The van der Waals surface area contributed by atoms with Crippen LogP contribution in [0.3, 0.4) is 0 Å². The highest BCUT2D eigenvalue weighted by molar-refractivity contribution is 7.18. The van der Waals surface area contributed by atoms with E-state index in [1.807, 2.05) is 24.3 Å². The lowest BCUT2D eigenvalue weighted by Gasteiger charge is -2.34.